The molecule has 1 aliphatic rings. The molecule has 0 bridgehead atoms. The minimum atomic E-state index is -1.12. The maximum absolute atomic E-state index is 3.50. The maximum atomic E-state index is 3.50. The molecule has 1 unspecified atom stereocenters. The molecule has 0 nitrogen and oxygen atoms in total. The fourth-order valence-electron chi connectivity index (χ4n) is 1.88. The predicted octanol–water partition coefficient (Wildman–Crippen LogP) is 0.482. The normalized spacial score (nSPS) is 18.9. The summed E-state index contributed by atoms with van der Waals surface area (Å²) in [5, 5.41) is 0. The number of rotatable bonds is 1. The molecule has 68 valence electrons. The zero-order valence-corrected chi connectivity index (χ0v) is 10.5. The van der Waals surface area contributed by atoms with Crippen molar-refractivity contribution in [1.82, 2.24) is 0 Å². The molecule has 1 atom stereocenters. The van der Waals surface area contributed by atoms with Gasteiger partial charge >= 0.3 is 18.9 Å². The van der Waals surface area contributed by atoms with E-state index in [4.69, 9.17) is 0 Å². The second kappa shape index (κ2) is 4.10. The number of hydrogen-bond donors (Lipinski definition) is 0. The molecular formula is C12H15LiSi. The zero-order valence-electron chi connectivity index (χ0n) is 9.46. The standard InChI is InChI=1S/C12H15Si.Li/c1-13(2,3)12-9-8-10-6-4-5-7-11(10)12;/h4-8,12H,1-3H3;/q-1;+1. The van der Waals surface area contributed by atoms with E-state index in [-0.39, 0.29) is 18.9 Å². The Kier molecular flexibility index (Phi) is 3.47. The van der Waals surface area contributed by atoms with Crippen LogP contribution in [0.2, 0.25) is 19.6 Å². The van der Waals surface area contributed by atoms with E-state index in [9.17, 15) is 0 Å². The Morgan fingerprint density at radius 3 is 2.43 bits per heavy atom. The van der Waals surface area contributed by atoms with E-state index in [2.05, 4.69) is 56.1 Å². The van der Waals surface area contributed by atoms with Gasteiger partial charge in [-0.1, -0.05) is 43.4 Å². The van der Waals surface area contributed by atoms with Gasteiger partial charge in [-0.05, 0) is 0 Å². The Bertz CT molecular complexity index is 350. The van der Waals surface area contributed by atoms with Crippen molar-refractivity contribution in [3.05, 3.63) is 41.5 Å². The largest absolute Gasteiger partial charge is 1.00 e. The Labute approximate surface area is 99.6 Å². The summed E-state index contributed by atoms with van der Waals surface area (Å²) >= 11 is 0. The molecule has 0 fully saturated rings. The number of fused-ring (bicyclic) bond motifs is 1. The summed E-state index contributed by atoms with van der Waals surface area (Å²) in [6.07, 6.45) is 5.65. The molecule has 0 radical (unpaired) electrons. The third kappa shape index (κ3) is 2.06. The van der Waals surface area contributed by atoms with Crippen LogP contribution in [0.1, 0.15) is 16.7 Å². The molecule has 1 aromatic carbocycles. The van der Waals surface area contributed by atoms with Gasteiger partial charge in [-0.25, -0.2) is 6.08 Å². The van der Waals surface area contributed by atoms with Crippen molar-refractivity contribution in [2.24, 2.45) is 0 Å². The van der Waals surface area contributed by atoms with Crippen molar-refractivity contribution < 1.29 is 18.9 Å². The maximum Gasteiger partial charge on any atom is 1.00 e. The van der Waals surface area contributed by atoms with Crippen LogP contribution in [0.3, 0.4) is 0 Å². The molecule has 1 aliphatic carbocycles. The van der Waals surface area contributed by atoms with Crippen molar-refractivity contribution in [3.8, 4) is 0 Å². The third-order valence-electron chi connectivity index (χ3n) is 2.58. The first-order valence-electron chi connectivity index (χ1n) is 4.77. The van der Waals surface area contributed by atoms with Crippen LogP contribution in [-0.4, -0.2) is 8.07 Å². The van der Waals surface area contributed by atoms with Gasteiger partial charge < -0.3 is 0 Å². The van der Waals surface area contributed by atoms with E-state index in [1.807, 2.05) is 0 Å². The minimum Gasteiger partial charge on any atom is -0.271 e. The summed E-state index contributed by atoms with van der Waals surface area (Å²) in [5.41, 5.74) is 3.46. The summed E-state index contributed by atoms with van der Waals surface area (Å²) < 4.78 is 0. The molecule has 2 rings (SSSR count). The average Bonchev–Trinajstić information content (AvgIpc) is 2.45. The van der Waals surface area contributed by atoms with Gasteiger partial charge in [-0.3, -0.25) is 6.08 Å². The van der Waals surface area contributed by atoms with Crippen LogP contribution in [0.15, 0.2) is 24.3 Å². The molecule has 1 aromatic rings. The summed E-state index contributed by atoms with van der Waals surface area (Å²) in [5.74, 6) is 0. The van der Waals surface area contributed by atoms with Crippen LogP contribution in [-0.2, 0) is 0 Å². The molecule has 0 amide bonds. The average molecular weight is 194 g/mol. The van der Waals surface area contributed by atoms with Gasteiger partial charge in [0.15, 0.2) is 0 Å². The first-order chi connectivity index (χ1) is 6.09. The second-order valence-electron chi connectivity index (χ2n) is 4.74. The third-order valence-corrected chi connectivity index (χ3v) is 4.79. The van der Waals surface area contributed by atoms with Crippen LogP contribution in [0.25, 0.3) is 6.08 Å². The van der Waals surface area contributed by atoms with Crippen LogP contribution in [0.4, 0.5) is 0 Å². The molecule has 14 heavy (non-hydrogen) atoms. The fraction of sp³-hybridized carbons (Fsp3) is 0.333. The fourth-order valence-corrected chi connectivity index (χ4v) is 3.66. The van der Waals surface area contributed by atoms with Gasteiger partial charge in [0.2, 0.25) is 0 Å². The van der Waals surface area contributed by atoms with Gasteiger partial charge in [0, 0.05) is 8.07 Å². The zero-order chi connectivity index (χ0) is 9.47. The van der Waals surface area contributed by atoms with Gasteiger partial charge in [-0.2, -0.15) is 5.56 Å². The summed E-state index contributed by atoms with van der Waals surface area (Å²) in [6, 6.07) is 8.66. The molecule has 0 saturated heterocycles. The SMILES string of the molecule is C[Si](C)(C)C1[C-]=Cc2ccccc21.[Li+]. The van der Waals surface area contributed by atoms with E-state index < -0.39 is 8.07 Å². The monoisotopic (exact) mass is 194 g/mol. The molecular weight excluding hydrogens is 179 g/mol. The van der Waals surface area contributed by atoms with Crippen molar-refractivity contribution in [2.45, 2.75) is 25.2 Å². The Morgan fingerprint density at radius 2 is 1.79 bits per heavy atom. The molecule has 2 heteroatoms. The van der Waals surface area contributed by atoms with Crippen molar-refractivity contribution >= 4 is 14.1 Å². The van der Waals surface area contributed by atoms with Gasteiger partial charge in [-0.15, -0.1) is 11.6 Å². The van der Waals surface area contributed by atoms with Crippen molar-refractivity contribution in [1.29, 1.82) is 0 Å². The Balaban J connectivity index is 0.000000980. The van der Waals surface area contributed by atoms with Crippen LogP contribution in [0.5, 0.6) is 0 Å². The number of allylic oxidation sites excluding steroid dienone is 1. The topological polar surface area (TPSA) is 0 Å². The van der Waals surface area contributed by atoms with E-state index in [1.165, 1.54) is 11.1 Å². The minimum absolute atomic E-state index is 0. The first-order valence-corrected chi connectivity index (χ1v) is 8.35. The quantitative estimate of drug-likeness (QED) is 0.451. The van der Waals surface area contributed by atoms with Gasteiger partial charge in [0.25, 0.3) is 0 Å². The second-order valence-corrected chi connectivity index (χ2v) is 10.0. The molecule has 0 heterocycles. The van der Waals surface area contributed by atoms with E-state index in [0.29, 0.717) is 5.54 Å². The summed E-state index contributed by atoms with van der Waals surface area (Å²) in [6.45, 7) is 7.21. The number of benzene rings is 1. The number of hydrogen-bond acceptors (Lipinski definition) is 0. The summed E-state index contributed by atoms with van der Waals surface area (Å²) in [7, 11) is -1.12. The Morgan fingerprint density at radius 1 is 1.14 bits per heavy atom. The molecule has 0 aromatic heterocycles. The van der Waals surface area contributed by atoms with Crippen molar-refractivity contribution in [2.75, 3.05) is 0 Å². The van der Waals surface area contributed by atoms with E-state index in [1.54, 1.807) is 0 Å². The van der Waals surface area contributed by atoms with E-state index >= 15 is 0 Å². The molecule has 0 spiro atoms. The van der Waals surface area contributed by atoms with Crippen LogP contribution in [0, 0.1) is 6.08 Å². The molecule has 0 saturated carbocycles. The van der Waals surface area contributed by atoms with Gasteiger partial charge in [0.1, 0.15) is 0 Å². The predicted molar refractivity (Wildman–Crippen MR) is 60.2 cm³/mol. The van der Waals surface area contributed by atoms with Gasteiger partial charge in [0.05, 0.1) is 0 Å². The molecule has 0 aliphatic heterocycles. The smallest absolute Gasteiger partial charge is 0.271 e. The summed E-state index contributed by atoms with van der Waals surface area (Å²) in [4.78, 5) is 0. The van der Waals surface area contributed by atoms with Crippen LogP contribution >= 0.6 is 0 Å². The first kappa shape index (κ1) is 11.8. The molecule has 0 N–H and O–H groups in total. The van der Waals surface area contributed by atoms with E-state index in [0.717, 1.165) is 0 Å². The van der Waals surface area contributed by atoms with Crippen molar-refractivity contribution in [3.63, 3.8) is 0 Å². The van der Waals surface area contributed by atoms with Crippen LogP contribution < -0.4 is 18.9 Å². The Hall–Kier alpha value is -0.226.